The van der Waals surface area contributed by atoms with Crippen molar-refractivity contribution in [2.45, 2.75) is 4.90 Å². The van der Waals surface area contributed by atoms with E-state index in [0.29, 0.717) is 17.3 Å². The lowest BCUT2D eigenvalue weighted by molar-refractivity contribution is 0.602. The molecule has 0 saturated carbocycles. The van der Waals surface area contributed by atoms with Gasteiger partial charge in [0, 0.05) is 12.8 Å². The van der Waals surface area contributed by atoms with E-state index in [1.165, 1.54) is 24.3 Å². The Labute approximate surface area is 139 Å². The Morgan fingerprint density at radius 2 is 1.87 bits per heavy atom. The summed E-state index contributed by atoms with van der Waals surface area (Å²) in [7, 11) is -3.32. The molecule has 1 aliphatic heterocycles. The van der Waals surface area contributed by atoms with Crippen LogP contribution in [0.5, 0.6) is 0 Å². The van der Waals surface area contributed by atoms with Crippen molar-refractivity contribution >= 4 is 32.8 Å². The number of nitrogens with one attached hydrogen (secondary N) is 1. The summed E-state index contributed by atoms with van der Waals surface area (Å²) in [5.74, 6) is -0.303. The van der Waals surface area contributed by atoms with E-state index in [2.05, 4.69) is 5.43 Å². The van der Waals surface area contributed by atoms with Gasteiger partial charge in [0.25, 0.3) is 0 Å². The van der Waals surface area contributed by atoms with Crippen LogP contribution in [0.2, 0.25) is 5.02 Å². The Balaban J connectivity index is 1.98. The van der Waals surface area contributed by atoms with Crippen molar-refractivity contribution < 1.29 is 12.8 Å². The summed E-state index contributed by atoms with van der Waals surface area (Å²) in [6.07, 6.45) is 3.09. The van der Waals surface area contributed by atoms with Crippen molar-refractivity contribution in [1.82, 2.24) is 5.43 Å². The molecule has 3 rings (SSSR count). The largest absolute Gasteiger partial charge is 0.275 e. The lowest BCUT2D eigenvalue weighted by Crippen LogP contribution is -2.31. The van der Waals surface area contributed by atoms with Gasteiger partial charge in [-0.1, -0.05) is 11.6 Å². The van der Waals surface area contributed by atoms with Gasteiger partial charge < -0.3 is 0 Å². The third-order valence-corrected chi connectivity index (χ3v) is 4.93. The van der Waals surface area contributed by atoms with Crippen LogP contribution in [0.15, 0.2) is 53.4 Å². The minimum Gasteiger partial charge on any atom is -0.275 e. The maximum atomic E-state index is 13.1. The Hall–Kier alpha value is -1.89. The van der Waals surface area contributed by atoms with E-state index in [4.69, 9.17) is 11.6 Å². The third kappa shape index (κ3) is 3.24. The summed E-state index contributed by atoms with van der Waals surface area (Å²) < 4.78 is 36.3. The van der Waals surface area contributed by atoms with E-state index in [0.717, 1.165) is 17.5 Å². The van der Waals surface area contributed by atoms with Crippen molar-refractivity contribution in [1.29, 1.82) is 0 Å². The van der Waals surface area contributed by atoms with Gasteiger partial charge in [0.15, 0.2) is 9.84 Å². The lowest BCUT2D eigenvalue weighted by Gasteiger charge is -2.24. The summed E-state index contributed by atoms with van der Waals surface area (Å²) in [6, 6.07) is 10.7. The highest BCUT2D eigenvalue weighted by atomic mass is 35.5. The number of hydrazine groups is 1. The Kier molecular flexibility index (Phi) is 4.14. The van der Waals surface area contributed by atoms with Gasteiger partial charge in [0.05, 0.1) is 21.3 Å². The molecule has 0 atom stereocenters. The van der Waals surface area contributed by atoms with Crippen LogP contribution in [0.4, 0.5) is 10.1 Å². The highest BCUT2D eigenvalue weighted by Gasteiger charge is 2.21. The van der Waals surface area contributed by atoms with Crippen molar-refractivity contribution in [3.05, 3.63) is 64.9 Å². The van der Waals surface area contributed by atoms with Gasteiger partial charge in [-0.25, -0.2) is 18.2 Å². The molecule has 0 radical (unpaired) electrons. The lowest BCUT2D eigenvalue weighted by atomic mass is 10.1. The average Bonchev–Trinajstić information content (AvgIpc) is 2.96. The molecule has 0 spiro atoms. The molecule has 0 unspecified atom stereocenters. The zero-order valence-corrected chi connectivity index (χ0v) is 13.8. The van der Waals surface area contributed by atoms with Gasteiger partial charge in [0.1, 0.15) is 5.82 Å². The number of hydrogen-bond donors (Lipinski definition) is 1. The van der Waals surface area contributed by atoms with Crippen LogP contribution < -0.4 is 10.4 Å². The van der Waals surface area contributed by atoms with E-state index in [9.17, 15) is 12.8 Å². The molecule has 2 aromatic rings. The Morgan fingerprint density at radius 1 is 1.17 bits per heavy atom. The topological polar surface area (TPSA) is 49.4 Å². The quantitative estimate of drug-likeness (QED) is 0.921. The summed E-state index contributed by atoms with van der Waals surface area (Å²) in [4.78, 5) is 0.165. The maximum absolute atomic E-state index is 13.1. The van der Waals surface area contributed by atoms with Crippen LogP contribution >= 0.6 is 11.6 Å². The second-order valence-electron chi connectivity index (χ2n) is 5.18. The van der Waals surface area contributed by atoms with Gasteiger partial charge in [0.2, 0.25) is 0 Å². The van der Waals surface area contributed by atoms with Crippen LogP contribution in [0.25, 0.3) is 5.70 Å². The molecule has 1 N–H and O–H groups in total. The SMILES string of the molecule is CS(=O)(=O)c1ccc(N2NCC=C2c2ccc(F)cc2)c(Cl)c1. The zero-order valence-electron chi connectivity index (χ0n) is 12.3. The van der Waals surface area contributed by atoms with E-state index >= 15 is 0 Å². The molecule has 2 aromatic carbocycles. The number of hydrogen-bond acceptors (Lipinski definition) is 4. The maximum Gasteiger partial charge on any atom is 0.175 e. The minimum atomic E-state index is -3.32. The molecule has 23 heavy (non-hydrogen) atoms. The molecule has 7 heteroatoms. The van der Waals surface area contributed by atoms with E-state index in [-0.39, 0.29) is 10.7 Å². The fraction of sp³-hybridized carbons (Fsp3) is 0.125. The summed E-state index contributed by atoms with van der Waals surface area (Å²) in [5, 5.41) is 2.08. The molecular weight excluding hydrogens is 339 g/mol. The highest BCUT2D eigenvalue weighted by Crippen LogP contribution is 2.34. The van der Waals surface area contributed by atoms with Crippen molar-refractivity contribution in [3.8, 4) is 0 Å². The molecule has 4 nitrogen and oxygen atoms in total. The number of rotatable bonds is 3. The molecule has 0 aromatic heterocycles. The van der Waals surface area contributed by atoms with Gasteiger partial charge in [-0.2, -0.15) is 0 Å². The first-order chi connectivity index (χ1) is 10.9. The molecular formula is C16H14ClFN2O2S. The summed E-state index contributed by atoms with van der Waals surface area (Å²) in [6.45, 7) is 0.594. The van der Waals surface area contributed by atoms with Gasteiger partial charge in [-0.15, -0.1) is 0 Å². The fourth-order valence-electron chi connectivity index (χ4n) is 2.39. The molecule has 120 valence electrons. The number of anilines is 1. The first-order valence-electron chi connectivity index (χ1n) is 6.85. The number of sulfone groups is 1. The van der Waals surface area contributed by atoms with E-state index < -0.39 is 9.84 Å². The van der Waals surface area contributed by atoms with E-state index in [1.807, 2.05) is 6.08 Å². The third-order valence-electron chi connectivity index (χ3n) is 3.51. The molecule has 1 aliphatic rings. The first-order valence-corrected chi connectivity index (χ1v) is 9.12. The molecule has 0 fully saturated rings. The molecule has 0 bridgehead atoms. The van der Waals surface area contributed by atoms with Gasteiger partial charge >= 0.3 is 0 Å². The Morgan fingerprint density at radius 3 is 2.48 bits per heavy atom. The minimum absolute atomic E-state index is 0.165. The smallest absolute Gasteiger partial charge is 0.175 e. The monoisotopic (exact) mass is 352 g/mol. The van der Waals surface area contributed by atoms with Crippen LogP contribution in [0.1, 0.15) is 5.56 Å². The summed E-state index contributed by atoms with van der Waals surface area (Å²) in [5.41, 5.74) is 5.45. The number of benzene rings is 2. The standard InChI is InChI=1S/C16H14ClFN2O2S/c1-23(21,22)13-6-7-16(14(17)10-13)20-15(8-9-19-20)11-2-4-12(18)5-3-11/h2-8,10,19H,9H2,1H3. The fourth-order valence-corrected chi connectivity index (χ4v) is 3.37. The van der Waals surface area contributed by atoms with E-state index in [1.54, 1.807) is 23.2 Å². The molecule has 0 aliphatic carbocycles. The van der Waals surface area contributed by atoms with Crippen molar-refractivity contribution in [2.24, 2.45) is 0 Å². The molecule has 0 amide bonds. The van der Waals surface area contributed by atoms with Crippen LogP contribution in [-0.2, 0) is 9.84 Å². The zero-order chi connectivity index (χ0) is 16.6. The Bertz CT molecular complexity index is 879. The normalized spacial score (nSPS) is 14.9. The second kappa shape index (κ2) is 5.96. The summed E-state index contributed by atoms with van der Waals surface area (Å²) >= 11 is 6.26. The number of halogens is 2. The van der Waals surface area contributed by atoms with Gasteiger partial charge in [-0.3, -0.25) is 5.01 Å². The molecule has 0 saturated heterocycles. The number of nitrogens with zero attached hydrogens (tertiary/aromatic N) is 1. The second-order valence-corrected chi connectivity index (χ2v) is 7.60. The van der Waals surface area contributed by atoms with Gasteiger partial charge in [-0.05, 0) is 54.1 Å². The average molecular weight is 353 g/mol. The molecule has 1 heterocycles. The van der Waals surface area contributed by atoms with Crippen molar-refractivity contribution in [2.75, 3.05) is 17.8 Å². The van der Waals surface area contributed by atoms with Crippen LogP contribution in [-0.4, -0.2) is 21.2 Å². The van der Waals surface area contributed by atoms with Crippen LogP contribution in [0, 0.1) is 5.82 Å². The highest BCUT2D eigenvalue weighted by molar-refractivity contribution is 7.90. The predicted octanol–water partition coefficient (Wildman–Crippen LogP) is 3.25. The predicted molar refractivity (Wildman–Crippen MR) is 89.4 cm³/mol. The first kappa shape index (κ1) is 16.0. The van der Waals surface area contributed by atoms with Crippen LogP contribution in [0.3, 0.4) is 0 Å². The van der Waals surface area contributed by atoms with Crippen molar-refractivity contribution in [3.63, 3.8) is 0 Å².